The first-order valence-corrected chi connectivity index (χ1v) is 6.48. The van der Waals surface area contributed by atoms with Crippen LogP contribution in [0.25, 0.3) is 0 Å². The molecule has 2 N–H and O–H groups in total. The summed E-state index contributed by atoms with van der Waals surface area (Å²) >= 11 is 1.63. The van der Waals surface area contributed by atoms with Crippen molar-refractivity contribution < 1.29 is 4.79 Å². The number of amides is 1. The van der Waals surface area contributed by atoms with E-state index in [2.05, 4.69) is 13.8 Å². The van der Waals surface area contributed by atoms with Crippen molar-refractivity contribution in [2.45, 2.75) is 38.3 Å². The van der Waals surface area contributed by atoms with Crippen molar-refractivity contribution in [3.63, 3.8) is 0 Å². The molecule has 88 valence electrons. The molecule has 0 aromatic carbocycles. The van der Waals surface area contributed by atoms with Crippen molar-refractivity contribution in [3.05, 3.63) is 22.4 Å². The number of hydrogen-bond acceptors (Lipinski definition) is 3. The lowest BCUT2D eigenvalue weighted by Gasteiger charge is -2.34. The smallest absolute Gasteiger partial charge is 0.228 e. The minimum atomic E-state index is -0.200. The van der Waals surface area contributed by atoms with E-state index in [1.807, 2.05) is 22.4 Å². The van der Waals surface area contributed by atoms with Gasteiger partial charge >= 0.3 is 0 Å². The topological polar surface area (TPSA) is 46.3 Å². The Morgan fingerprint density at radius 1 is 1.69 bits per heavy atom. The molecule has 1 aliphatic heterocycles. The van der Waals surface area contributed by atoms with E-state index in [9.17, 15) is 4.79 Å². The van der Waals surface area contributed by atoms with Crippen LogP contribution in [-0.2, 0) is 11.2 Å². The normalized spacial score (nSPS) is 23.7. The SMILES string of the molecule is CC1(C)C(N)CCN1C(=O)Cc1cccs1. The first-order valence-electron chi connectivity index (χ1n) is 5.60. The van der Waals surface area contributed by atoms with Gasteiger partial charge in [-0.05, 0) is 31.7 Å². The number of nitrogens with zero attached hydrogens (tertiary/aromatic N) is 1. The van der Waals surface area contributed by atoms with Crippen LogP contribution in [0.15, 0.2) is 17.5 Å². The highest BCUT2D eigenvalue weighted by molar-refractivity contribution is 7.10. The predicted molar refractivity (Wildman–Crippen MR) is 66.4 cm³/mol. The predicted octanol–water partition coefficient (Wildman–Crippen LogP) is 1.63. The van der Waals surface area contributed by atoms with Gasteiger partial charge in [-0.15, -0.1) is 11.3 Å². The Labute approximate surface area is 100 Å². The van der Waals surface area contributed by atoms with Crippen LogP contribution in [0.4, 0.5) is 0 Å². The lowest BCUT2D eigenvalue weighted by Crippen LogP contribution is -2.51. The molecule has 1 aromatic heterocycles. The quantitative estimate of drug-likeness (QED) is 0.851. The number of carbonyl (C=O) groups is 1. The molecule has 0 bridgehead atoms. The Morgan fingerprint density at radius 3 is 2.94 bits per heavy atom. The maximum absolute atomic E-state index is 12.2. The maximum Gasteiger partial charge on any atom is 0.228 e. The third-order valence-corrected chi connectivity index (χ3v) is 4.35. The summed E-state index contributed by atoms with van der Waals surface area (Å²) < 4.78 is 0. The summed E-state index contributed by atoms with van der Waals surface area (Å²) in [6.45, 7) is 4.90. The zero-order valence-electron chi connectivity index (χ0n) is 9.77. The number of carbonyl (C=O) groups excluding carboxylic acids is 1. The molecule has 1 aromatic rings. The number of rotatable bonds is 2. The van der Waals surface area contributed by atoms with Crippen molar-refractivity contribution >= 4 is 17.2 Å². The zero-order chi connectivity index (χ0) is 11.8. The molecule has 0 saturated carbocycles. The average Bonchev–Trinajstić information content (AvgIpc) is 2.77. The minimum absolute atomic E-state index is 0.0970. The summed E-state index contributed by atoms with van der Waals surface area (Å²) in [5, 5.41) is 2.00. The number of likely N-dealkylation sites (tertiary alicyclic amines) is 1. The lowest BCUT2D eigenvalue weighted by molar-refractivity contribution is -0.133. The van der Waals surface area contributed by atoms with Gasteiger partial charge in [-0.2, -0.15) is 0 Å². The van der Waals surface area contributed by atoms with Crippen LogP contribution in [0.2, 0.25) is 0 Å². The molecule has 0 aliphatic carbocycles. The van der Waals surface area contributed by atoms with E-state index >= 15 is 0 Å². The fourth-order valence-corrected chi connectivity index (χ4v) is 2.91. The Balaban J connectivity index is 2.06. The number of nitrogens with two attached hydrogens (primary N) is 1. The summed E-state index contributed by atoms with van der Waals surface area (Å²) in [4.78, 5) is 15.2. The Bertz CT molecular complexity index is 372. The second-order valence-corrected chi connectivity index (χ2v) is 5.88. The highest BCUT2D eigenvalue weighted by Gasteiger charge is 2.41. The van der Waals surface area contributed by atoms with Gasteiger partial charge in [-0.25, -0.2) is 0 Å². The molecule has 3 nitrogen and oxygen atoms in total. The van der Waals surface area contributed by atoms with E-state index in [-0.39, 0.29) is 17.5 Å². The standard InChI is InChI=1S/C12H18N2OS/c1-12(2)10(13)5-6-14(12)11(15)8-9-4-3-7-16-9/h3-4,7,10H,5-6,8,13H2,1-2H3. The van der Waals surface area contributed by atoms with Crippen molar-refractivity contribution in [3.8, 4) is 0 Å². The average molecular weight is 238 g/mol. The van der Waals surface area contributed by atoms with Crippen molar-refractivity contribution in [2.75, 3.05) is 6.54 Å². The fraction of sp³-hybridized carbons (Fsp3) is 0.583. The fourth-order valence-electron chi connectivity index (χ4n) is 2.21. The lowest BCUT2D eigenvalue weighted by atomic mass is 9.96. The molecule has 2 rings (SSSR count). The summed E-state index contributed by atoms with van der Waals surface area (Å²) in [7, 11) is 0. The second-order valence-electron chi connectivity index (χ2n) is 4.85. The Hall–Kier alpha value is -0.870. The van der Waals surface area contributed by atoms with Crippen LogP contribution >= 0.6 is 11.3 Å². The highest BCUT2D eigenvalue weighted by atomic mass is 32.1. The molecule has 1 unspecified atom stereocenters. The van der Waals surface area contributed by atoms with E-state index in [1.54, 1.807) is 11.3 Å². The number of hydrogen-bond donors (Lipinski definition) is 1. The van der Waals surface area contributed by atoms with Gasteiger partial charge in [0.25, 0.3) is 0 Å². The van der Waals surface area contributed by atoms with Crippen LogP contribution < -0.4 is 5.73 Å². The highest BCUT2D eigenvalue weighted by Crippen LogP contribution is 2.28. The summed E-state index contributed by atoms with van der Waals surface area (Å²) in [5.74, 6) is 0.195. The van der Waals surface area contributed by atoms with E-state index < -0.39 is 0 Å². The minimum Gasteiger partial charge on any atom is -0.336 e. The summed E-state index contributed by atoms with van der Waals surface area (Å²) in [5.41, 5.74) is 5.82. The van der Waals surface area contributed by atoms with Crippen LogP contribution in [-0.4, -0.2) is 28.9 Å². The molecule has 16 heavy (non-hydrogen) atoms. The van der Waals surface area contributed by atoms with Gasteiger partial charge in [-0.3, -0.25) is 4.79 Å². The largest absolute Gasteiger partial charge is 0.336 e. The molecule has 0 spiro atoms. The third-order valence-electron chi connectivity index (χ3n) is 3.47. The number of thiophene rings is 1. The van der Waals surface area contributed by atoms with Gasteiger partial charge in [0.1, 0.15) is 0 Å². The molecule has 2 heterocycles. The summed E-state index contributed by atoms with van der Waals surface area (Å²) in [6, 6.07) is 4.08. The summed E-state index contributed by atoms with van der Waals surface area (Å²) in [6.07, 6.45) is 1.41. The molecule has 1 amide bonds. The first-order chi connectivity index (χ1) is 7.51. The Morgan fingerprint density at radius 2 is 2.44 bits per heavy atom. The van der Waals surface area contributed by atoms with Crippen LogP contribution in [0.3, 0.4) is 0 Å². The van der Waals surface area contributed by atoms with Gasteiger partial charge in [0.2, 0.25) is 5.91 Å². The molecule has 1 saturated heterocycles. The molecule has 1 atom stereocenters. The van der Waals surface area contributed by atoms with E-state index in [1.165, 1.54) is 0 Å². The molecular formula is C12H18N2OS. The van der Waals surface area contributed by atoms with Gasteiger partial charge < -0.3 is 10.6 Å². The molecule has 0 radical (unpaired) electrons. The van der Waals surface area contributed by atoms with Gasteiger partial charge in [0.15, 0.2) is 0 Å². The van der Waals surface area contributed by atoms with E-state index in [0.29, 0.717) is 6.42 Å². The van der Waals surface area contributed by atoms with Crippen molar-refractivity contribution in [1.29, 1.82) is 0 Å². The first kappa shape index (κ1) is 11.6. The van der Waals surface area contributed by atoms with Crippen molar-refractivity contribution in [2.24, 2.45) is 5.73 Å². The van der Waals surface area contributed by atoms with Crippen LogP contribution in [0, 0.1) is 0 Å². The maximum atomic E-state index is 12.2. The monoisotopic (exact) mass is 238 g/mol. The molecule has 4 heteroatoms. The van der Waals surface area contributed by atoms with Crippen molar-refractivity contribution in [1.82, 2.24) is 4.90 Å². The van der Waals surface area contributed by atoms with Gasteiger partial charge in [-0.1, -0.05) is 6.07 Å². The molecule has 1 aliphatic rings. The third kappa shape index (κ3) is 1.99. The van der Waals surface area contributed by atoms with Gasteiger partial charge in [0.05, 0.1) is 12.0 Å². The molecular weight excluding hydrogens is 220 g/mol. The van der Waals surface area contributed by atoms with E-state index in [0.717, 1.165) is 17.8 Å². The zero-order valence-corrected chi connectivity index (χ0v) is 10.6. The van der Waals surface area contributed by atoms with Crippen LogP contribution in [0.5, 0.6) is 0 Å². The Kier molecular flexibility index (Phi) is 3.04. The molecule has 1 fully saturated rings. The van der Waals surface area contributed by atoms with E-state index in [4.69, 9.17) is 5.73 Å². The second kappa shape index (κ2) is 4.18. The van der Waals surface area contributed by atoms with Crippen LogP contribution in [0.1, 0.15) is 25.1 Å². The van der Waals surface area contributed by atoms with Gasteiger partial charge in [0, 0.05) is 17.5 Å².